The normalized spacial score (nSPS) is 15.0. The minimum Gasteiger partial charge on any atom is -0.463 e. The maximum atomic E-state index is 13.4. The van der Waals surface area contributed by atoms with Gasteiger partial charge in [0.2, 0.25) is 0 Å². The highest BCUT2D eigenvalue weighted by molar-refractivity contribution is 6.40. The second-order valence-corrected chi connectivity index (χ2v) is 4.31. The first kappa shape index (κ1) is 15.7. The Morgan fingerprint density at radius 3 is 2.55 bits per heavy atom. The third kappa shape index (κ3) is 2.83. The molecule has 116 valence electrons. The third-order valence-electron chi connectivity index (χ3n) is 2.92. The Hall–Kier alpha value is -2.70. The van der Waals surface area contributed by atoms with Crippen LogP contribution in [0.1, 0.15) is 19.4 Å². The average Bonchev–Trinajstić information content (AvgIpc) is 2.72. The average molecular weight is 307 g/mol. The van der Waals surface area contributed by atoms with Gasteiger partial charge in [0.1, 0.15) is 5.82 Å². The van der Waals surface area contributed by atoms with Crippen LogP contribution in [0.25, 0.3) is 5.57 Å². The van der Waals surface area contributed by atoms with Crippen LogP contribution < -0.4 is 4.90 Å². The highest BCUT2D eigenvalue weighted by Crippen LogP contribution is 2.37. The molecule has 7 heteroatoms. The van der Waals surface area contributed by atoms with E-state index in [1.165, 1.54) is 6.07 Å². The fraction of sp³-hybridized carbons (Fsp3) is 0.267. The van der Waals surface area contributed by atoms with Crippen molar-refractivity contribution in [3.8, 4) is 0 Å². The van der Waals surface area contributed by atoms with Crippen LogP contribution in [-0.2, 0) is 19.1 Å². The van der Waals surface area contributed by atoms with Gasteiger partial charge in [-0.15, -0.1) is 0 Å². The molecule has 0 N–H and O–H groups in total. The van der Waals surface area contributed by atoms with Crippen molar-refractivity contribution in [1.29, 1.82) is 0 Å². The molecule has 2 amide bonds. The number of carbonyl (C=O) groups is 3. The molecule has 2 rings (SSSR count). The molecule has 0 saturated heterocycles. The minimum atomic E-state index is -0.882. The Kier molecular flexibility index (Phi) is 4.55. The predicted octanol–water partition coefficient (Wildman–Crippen LogP) is 2.28. The molecule has 0 bridgehead atoms. The molecule has 1 aromatic rings. The molecule has 0 saturated carbocycles. The molecular formula is C15H14FNO5. The van der Waals surface area contributed by atoms with Gasteiger partial charge >= 0.3 is 12.1 Å². The minimum absolute atomic E-state index is 0.0794. The zero-order chi connectivity index (χ0) is 16.3. The van der Waals surface area contributed by atoms with Crippen molar-refractivity contribution < 1.29 is 28.2 Å². The summed E-state index contributed by atoms with van der Waals surface area (Å²) in [6, 6.07) is 3.48. The molecule has 0 aromatic heterocycles. The number of carbonyl (C=O) groups excluding carboxylic acids is 3. The van der Waals surface area contributed by atoms with Crippen molar-refractivity contribution >= 4 is 29.2 Å². The van der Waals surface area contributed by atoms with Crippen LogP contribution in [0.4, 0.5) is 14.9 Å². The van der Waals surface area contributed by atoms with E-state index in [1.54, 1.807) is 13.8 Å². The summed E-state index contributed by atoms with van der Waals surface area (Å²) in [7, 11) is 0. The fourth-order valence-electron chi connectivity index (χ4n) is 2.07. The molecule has 1 aliphatic rings. The predicted molar refractivity (Wildman–Crippen MR) is 75.5 cm³/mol. The van der Waals surface area contributed by atoms with E-state index in [-0.39, 0.29) is 30.0 Å². The molecule has 0 fully saturated rings. The summed E-state index contributed by atoms with van der Waals surface area (Å²) in [4.78, 5) is 36.6. The number of hydrogen-bond donors (Lipinski definition) is 0. The Bertz CT molecular complexity index is 668. The number of nitrogens with zero attached hydrogens (tertiary/aromatic N) is 1. The first-order chi connectivity index (χ1) is 10.5. The van der Waals surface area contributed by atoms with Crippen molar-refractivity contribution in [2.45, 2.75) is 13.8 Å². The van der Waals surface area contributed by atoms with Crippen LogP contribution in [0.5, 0.6) is 0 Å². The Balaban J connectivity index is 2.50. The first-order valence-electron chi connectivity index (χ1n) is 6.69. The molecular weight excluding hydrogens is 293 g/mol. The highest BCUT2D eigenvalue weighted by atomic mass is 19.1. The van der Waals surface area contributed by atoms with E-state index in [2.05, 4.69) is 0 Å². The fourth-order valence-corrected chi connectivity index (χ4v) is 2.07. The summed E-state index contributed by atoms with van der Waals surface area (Å²) in [5.74, 6) is -2.09. The number of hydrogen-bond acceptors (Lipinski definition) is 5. The lowest BCUT2D eigenvalue weighted by Crippen LogP contribution is -2.34. The number of imide groups is 1. The van der Waals surface area contributed by atoms with E-state index in [0.717, 1.165) is 23.1 Å². The second kappa shape index (κ2) is 6.38. The Morgan fingerprint density at radius 1 is 1.23 bits per heavy atom. The number of anilines is 1. The lowest BCUT2D eigenvalue weighted by molar-refractivity contribution is -0.137. The highest BCUT2D eigenvalue weighted by Gasteiger charge is 2.38. The summed E-state index contributed by atoms with van der Waals surface area (Å²) in [5, 5.41) is 0. The molecule has 1 aliphatic heterocycles. The zero-order valence-electron chi connectivity index (χ0n) is 12.1. The molecule has 0 aliphatic carbocycles. The molecule has 1 aromatic carbocycles. The molecule has 1 heterocycles. The van der Waals surface area contributed by atoms with Crippen LogP contribution in [0.3, 0.4) is 0 Å². The summed E-state index contributed by atoms with van der Waals surface area (Å²) in [5.41, 5.74) is 0.201. The lowest BCUT2D eigenvalue weighted by Gasteiger charge is -2.13. The van der Waals surface area contributed by atoms with Crippen LogP contribution >= 0.6 is 0 Å². The van der Waals surface area contributed by atoms with E-state index in [9.17, 15) is 18.8 Å². The quantitative estimate of drug-likeness (QED) is 0.632. The lowest BCUT2D eigenvalue weighted by atomic mass is 10.1. The number of halogens is 1. The number of amides is 2. The molecule has 0 radical (unpaired) electrons. The molecule has 0 atom stereocenters. The monoisotopic (exact) mass is 307 g/mol. The number of rotatable bonds is 3. The van der Waals surface area contributed by atoms with Crippen molar-refractivity contribution in [1.82, 2.24) is 0 Å². The summed E-state index contributed by atoms with van der Waals surface area (Å²) < 4.78 is 23.0. The van der Waals surface area contributed by atoms with Crippen molar-refractivity contribution in [3.63, 3.8) is 0 Å². The maximum absolute atomic E-state index is 13.4. The summed E-state index contributed by atoms with van der Waals surface area (Å²) >= 11 is 0. The Morgan fingerprint density at radius 2 is 1.91 bits per heavy atom. The molecule has 6 nitrogen and oxygen atoms in total. The summed E-state index contributed by atoms with van der Waals surface area (Å²) in [6.45, 7) is 3.43. The smallest absolute Gasteiger partial charge is 0.421 e. The summed E-state index contributed by atoms with van der Waals surface area (Å²) in [6.07, 6.45) is 0.0659. The third-order valence-corrected chi connectivity index (χ3v) is 2.92. The van der Waals surface area contributed by atoms with Gasteiger partial charge in [-0.1, -0.05) is 0 Å². The van der Waals surface area contributed by atoms with Crippen LogP contribution in [0, 0.1) is 5.82 Å². The van der Waals surface area contributed by atoms with Gasteiger partial charge < -0.3 is 9.47 Å². The van der Waals surface area contributed by atoms with Gasteiger partial charge in [-0.05, 0) is 32.0 Å². The van der Waals surface area contributed by atoms with E-state index < -0.39 is 23.8 Å². The van der Waals surface area contributed by atoms with Gasteiger partial charge in [-0.25, -0.2) is 18.9 Å². The van der Waals surface area contributed by atoms with E-state index in [1.807, 2.05) is 0 Å². The van der Waals surface area contributed by atoms with Gasteiger partial charge in [0, 0.05) is 11.6 Å². The van der Waals surface area contributed by atoms with Crippen molar-refractivity contribution in [3.05, 3.63) is 35.7 Å². The van der Waals surface area contributed by atoms with Gasteiger partial charge in [-0.2, -0.15) is 0 Å². The van der Waals surface area contributed by atoms with Gasteiger partial charge in [0.15, 0.2) is 0 Å². The Labute approximate surface area is 126 Å². The van der Waals surface area contributed by atoms with Crippen molar-refractivity contribution in [2.75, 3.05) is 18.1 Å². The van der Waals surface area contributed by atoms with E-state index >= 15 is 0 Å². The van der Waals surface area contributed by atoms with E-state index in [0.29, 0.717) is 0 Å². The number of ether oxygens (including phenoxy) is 2. The largest absolute Gasteiger partial charge is 0.463 e. The number of benzene rings is 1. The van der Waals surface area contributed by atoms with Gasteiger partial charge in [-0.3, -0.25) is 4.79 Å². The zero-order valence-corrected chi connectivity index (χ0v) is 12.1. The number of esters is 1. The van der Waals surface area contributed by atoms with Crippen molar-refractivity contribution in [2.24, 2.45) is 0 Å². The molecule has 0 spiro atoms. The maximum Gasteiger partial charge on any atom is 0.421 e. The molecule has 0 unspecified atom stereocenters. The number of fused-ring (bicyclic) bond motifs is 1. The van der Waals surface area contributed by atoms with Crippen LogP contribution in [0.2, 0.25) is 0 Å². The van der Waals surface area contributed by atoms with Crippen LogP contribution in [-0.4, -0.2) is 31.2 Å². The van der Waals surface area contributed by atoms with Gasteiger partial charge in [0.05, 0.1) is 24.5 Å². The van der Waals surface area contributed by atoms with Gasteiger partial charge in [0.25, 0.3) is 5.91 Å². The molecule has 22 heavy (non-hydrogen) atoms. The topological polar surface area (TPSA) is 72.9 Å². The SMILES string of the molecule is CCOC(=O)/C=C1/C(=O)N(C(=O)OCC)c2ccc(F)cc21. The first-order valence-corrected chi connectivity index (χ1v) is 6.69. The van der Waals surface area contributed by atoms with E-state index in [4.69, 9.17) is 9.47 Å². The standard InChI is InChI=1S/C15H14FNO5/c1-3-21-13(18)8-11-10-7-9(16)5-6-12(10)17(14(11)19)15(20)22-4-2/h5-8H,3-4H2,1-2H3/b11-8+. The second-order valence-electron chi connectivity index (χ2n) is 4.31. The van der Waals surface area contributed by atoms with Crippen LogP contribution in [0.15, 0.2) is 24.3 Å².